The zero-order valence-electron chi connectivity index (χ0n) is 8.01. The van der Waals surface area contributed by atoms with E-state index in [1.165, 1.54) is 0 Å². The normalized spacial score (nSPS) is 9.87. The minimum atomic E-state index is -0.409. The number of carbonyl (C=O) groups excluding carboxylic acids is 1. The highest BCUT2D eigenvalue weighted by atomic mass is 79.9. The molecule has 6 heteroatoms. The van der Waals surface area contributed by atoms with Gasteiger partial charge in [-0.15, -0.1) is 0 Å². The van der Waals surface area contributed by atoms with Crippen molar-refractivity contribution < 1.29 is 9.53 Å². The molecule has 0 fully saturated rings. The molecule has 0 saturated carbocycles. The third kappa shape index (κ3) is 3.37. The predicted molar refractivity (Wildman–Crippen MR) is 61.7 cm³/mol. The number of ether oxygens (including phenoxy) is 1. The number of hydrogen-bond donors (Lipinski definition) is 2. The van der Waals surface area contributed by atoms with Gasteiger partial charge < -0.3 is 4.74 Å². The molecular formula is C9H10BrClN2O2. The summed E-state index contributed by atoms with van der Waals surface area (Å²) in [5, 5.41) is 0.451. The van der Waals surface area contributed by atoms with Crippen LogP contribution in [0.5, 0.6) is 5.75 Å². The summed E-state index contributed by atoms with van der Waals surface area (Å²) in [4.78, 5) is 10.9. The molecule has 1 rings (SSSR count). The van der Waals surface area contributed by atoms with E-state index in [1.807, 2.05) is 18.4 Å². The van der Waals surface area contributed by atoms with Gasteiger partial charge in [0.1, 0.15) is 5.75 Å². The summed E-state index contributed by atoms with van der Waals surface area (Å²) in [5.74, 6) is 5.00. The number of carbonyl (C=O) groups is 1. The van der Waals surface area contributed by atoms with Crippen LogP contribution in [-0.2, 0) is 4.79 Å². The predicted octanol–water partition coefficient (Wildman–Crippen LogP) is 1.78. The summed E-state index contributed by atoms with van der Waals surface area (Å²) in [6, 6.07) is 3.55. The van der Waals surface area contributed by atoms with Gasteiger partial charge in [0.05, 0.1) is 5.02 Å². The van der Waals surface area contributed by atoms with Crippen molar-refractivity contribution in [2.24, 2.45) is 5.84 Å². The molecule has 4 nitrogen and oxygen atoms in total. The number of benzene rings is 1. The molecule has 0 aliphatic heterocycles. The molecule has 1 amide bonds. The highest BCUT2D eigenvalue weighted by Crippen LogP contribution is 2.31. The van der Waals surface area contributed by atoms with Gasteiger partial charge in [0.25, 0.3) is 5.91 Å². The van der Waals surface area contributed by atoms with E-state index in [4.69, 9.17) is 22.2 Å². The van der Waals surface area contributed by atoms with E-state index in [1.54, 1.807) is 6.07 Å². The van der Waals surface area contributed by atoms with Crippen molar-refractivity contribution in [2.45, 2.75) is 6.92 Å². The largest absolute Gasteiger partial charge is 0.482 e. The van der Waals surface area contributed by atoms with Gasteiger partial charge in [-0.3, -0.25) is 10.2 Å². The fraction of sp³-hybridized carbons (Fsp3) is 0.222. The van der Waals surface area contributed by atoms with Crippen molar-refractivity contribution in [1.82, 2.24) is 5.43 Å². The van der Waals surface area contributed by atoms with Crippen molar-refractivity contribution in [3.05, 3.63) is 27.2 Å². The first-order valence-corrected chi connectivity index (χ1v) is 5.29. The van der Waals surface area contributed by atoms with E-state index >= 15 is 0 Å². The van der Waals surface area contributed by atoms with E-state index in [0.717, 1.165) is 10.0 Å². The van der Waals surface area contributed by atoms with Gasteiger partial charge in [0.15, 0.2) is 6.61 Å². The van der Waals surface area contributed by atoms with Gasteiger partial charge in [-0.05, 0) is 24.6 Å². The van der Waals surface area contributed by atoms with Gasteiger partial charge in [-0.2, -0.15) is 0 Å². The highest BCUT2D eigenvalue weighted by Gasteiger charge is 2.08. The van der Waals surface area contributed by atoms with Crippen LogP contribution in [0.15, 0.2) is 16.6 Å². The molecule has 0 heterocycles. The Bertz CT molecular complexity index is 361. The summed E-state index contributed by atoms with van der Waals surface area (Å²) < 4.78 is 6.09. The van der Waals surface area contributed by atoms with Crippen LogP contribution in [0.2, 0.25) is 5.02 Å². The van der Waals surface area contributed by atoms with Gasteiger partial charge in [-0.1, -0.05) is 27.5 Å². The Morgan fingerprint density at radius 1 is 1.67 bits per heavy atom. The molecule has 1 aromatic carbocycles. The number of aryl methyl sites for hydroxylation is 1. The highest BCUT2D eigenvalue weighted by molar-refractivity contribution is 9.10. The van der Waals surface area contributed by atoms with Crippen molar-refractivity contribution in [3.8, 4) is 5.75 Å². The molecule has 82 valence electrons. The van der Waals surface area contributed by atoms with Crippen molar-refractivity contribution in [3.63, 3.8) is 0 Å². The van der Waals surface area contributed by atoms with Gasteiger partial charge in [-0.25, -0.2) is 5.84 Å². The monoisotopic (exact) mass is 292 g/mol. The first-order valence-electron chi connectivity index (χ1n) is 4.12. The molecule has 1 aromatic rings. The van der Waals surface area contributed by atoms with Gasteiger partial charge >= 0.3 is 0 Å². The molecule has 0 aliphatic carbocycles. The fourth-order valence-electron chi connectivity index (χ4n) is 1.05. The first-order chi connectivity index (χ1) is 7.04. The fourth-order valence-corrected chi connectivity index (χ4v) is 2.08. The van der Waals surface area contributed by atoms with E-state index in [2.05, 4.69) is 15.9 Å². The molecule has 0 radical (unpaired) electrons. The maximum atomic E-state index is 10.9. The molecule has 0 atom stereocenters. The van der Waals surface area contributed by atoms with Crippen molar-refractivity contribution >= 4 is 33.4 Å². The lowest BCUT2D eigenvalue weighted by Crippen LogP contribution is -2.34. The Morgan fingerprint density at radius 2 is 2.33 bits per heavy atom. The number of nitrogens with one attached hydrogen (secondary N) is 1. The minimum absolute atomic E-state index is 0.154. The van der Waals surface area contributed by atoms with E-state index in [0.29, 0.717) is 10.8 Å². The van der Waals surface area contributed by atoms with E-state index in [-0.39, 0.29) is 6.61 Å². The molecule has 0 bridgehead atoms. The van der Waals surface area contributed by atoms with E-state index < -0.39 is 5.91 Å². The lowest BCUT2D eigenvalue weighted by atomic mass is 10.2. The lowest BCUT2D eigenvalue weighted by Gasteiger charge is -2.10. The molecule has 0 spiro atoms. The van der Waals surface area contributed by atoms with Crippen LogP contribution in [0.3, 0.4) is 0 Å². The van der Waals surface area contributed by atoms with Gasteiger partial charge in [0, 0.05) is 4.47 Å². The van der Waals surface area contributed by atoms with Crippen LogP contribution in [0, 0.1) is 6.92 Å². The van der Waals surface area contributed by atoms with Crippen molar-refractivity contribution in [2.75, 3.05) is 6.61 Å². The number of hydrogen-bond acceptors (Lipinski definition) is 3. The Hall–Kier alpha value is -0.780. The molecule has 0 aliphatic rings. The number of hydrazine groups is 1. The Labute approximate surface area is 101 Å². The smallest absolute Gasteiger partial charge is 0.271 e. The van der Waals surface area contributed by atoms with Crippen LogP contribution in [-0.4, -0.2) is 12.5 Å². The average Bonchev–Trinajstić information content (AvgIpc) is 2.15. The molecule has 0 unspecified atom stereocenters. The van der Waals surface area contributed by atoms with Crippen LogP contribution in [0.25, 0.3) is 0 Å². The molecular weight excluding hydrogens is 283 g/mol. The van der Waals surface area contributed by atoms with Crippen molar-refractivity contribution in [1.29, 1.82) is 0 Å². The molecule has 15 heavy (non-hydrogen) atoms. The van der Waals surface area contributed by atoms with Crippen LogP contribution >= 0.6 is 27.5 Å². The summed E-state index contributed by atoms with van der Waals surface area (Å²) >= 11 is 9.25. The summed E-state index contributed by atoms with van der Waals surface area (Å²) in [6.07, 6.45) is 0. The number of nitrogens with two attached hydrogens (primary N) is 1. The van der Waals surface area contributed by atoms with Crippen LogP contribution < -0.4 is 16.0 Å². The number of halogens is 2. The molecule has 0 saturated heterocycles. The standard InChI is InChI=1S/C9H10BrClN2O2/c1-5-2-6(10)3-7(11)9(5)15-4-8(14)13-12/h2-3H,4,12H2,1H3,(H,13,14). The summed E-state index contributed by atoms with van der Waals surface area (Å²) in [5.41, 5.74) is 2.82. The van der Waals surface area contributed by atoms with Crippen LogP contribution in [0.1, 0.15) is 5.56 Å². The van der Waals surface area contributed by atoms with E-state index in [9.17, 15) is 4.79 Å². The first kappa shape index (κ1) is 12.3. The Kier molecular flexibility index (Phi) is 4.38. The maximum Gasteiger partial charge on any atom is 0.271 e. The second-order valence-corrected chi connectivity index (χ2v) is 4.21. The quantitative estimate of drug-likeness (QED) is 0.507. The average molecular weight is 294 g/mol. The SMILES string of the molecule is Cc1cc(Br)cc(Cl)c1OCC(=O)NN. The second kappa shape index (κ2) is 5.34. The zero-order chi connectivity index (χ0) is 11.4. The topological polar surface area (TPSA) is 64.3 Å². The molecule has 0 aromatic heterocycles. The third-order valence-electron chi connectivity index (χ3n) is 1.70. The minimum Gasteiger partial charge on any atom is -0.482 e. The van der Waals surface area contributed by atoms with Crippen LogP contribution in [0.4, 0.5) is 0 Å². The van der Waals surface area contributed by atoms with Gasteiger partial charge in [0.2, 0.25) is 0 Å². The maximum absolute atomic E-state index is 10.9. The second-order valence-electron chi connectivity index (χ2n) is 2.89. The number of amides is 1. The lowest BCUT2D eigenvalue weighted by molar-refractivity contribution is -0.123. The summed E-state index contributed by atoms with van der Waals surface area (Å²) in [6.45, 7) is 1.69. The Balaban J connectivity index is 2.81. The Morgan fingerprint density at radius 3 is 2.87 bits per heavy atom. The third-order valence-corrected chi connectivity index (χ3v) is 2.44. The molecule has 3 N–H and O–H groups in total. The summed E-state index contributed by atoms with van der Waals surface area (Å²) in [7, 11) is 0. The number of rotatable bonds is 3. The zero-order valence-corrected chi connectivity index (χ0v) is 10.4.